The number of carboxylic acids is 1. The van der Waals surface area contributed by atoms with Crippen LogP contribution in [-0.2, 0) is 14.8 Å². The lowest BCUT2D eigenvalue weighted by molar-refractivity contribution is -0.140. The third-order valence-electron chi connectivity index (χ3n) is 4.63. The van der Waals surface area contributed by atoms with E-state index in [2.05, 4.69) is 14.8 Å². The summed E-state index contributed by atoms with van der Waals surface area (Å²) >= 11 is 0. The van der Waals surface area contributed by atoms with Crippen molar-refractivity contribution in [3.63, 3.8) is 0 Å². The molecule has 2 N–H and O–H groups in total. The van der Waals surface area contributed by atoms with Crippen LogP contribution < -0.4 is 4.72 Å². The fraction of sp³-hybridized carbons (Fsp3) is 0.211. The van der Waals surface area contributed by atoms with Gasteiger partial charge in [0.05, 0.1) is 10.6 Å². The summed E-state index contributed by atoms with van der Waals surface area (Å²) in [6, 6.07) is 8.72. The Kier molecular flexibility index (Phi) is 4.59. The fourth-order valence-corrected chi connectivity index (χ4v) is 4.46. The minimum absolute atomic E-state index is 0.0625. The number of carbonyl (C=O) groups is 1. The van der Waals surface area contributed by atoms with Crippen LogP contribution in [-0.4, -0.2) is 40.3 Å². The molecule has 0 radical (unpaired) electrons. The minimum atomic E-state index is -4.04. The zero-order valence-corrected chi connectivity index (χ0v) is 16.4. The second kappa shape index (κ2) is 6.98. The Morgan fingerprint density at radius 2 is 1.93 bits per heavy atom. The molecule has 4 rings (SSSR count). The van der Waals surface area contributed by atoms with Gasteiger partial charge in [-0.3, -0.25) is 4.79 Å². The number of fused-ring (bicyclic) bond motifs is 3. The van der Waals surface area contributed by atoms with Gasteiger partial charge in [0.2, 0.25) is 10.0 Å². The molecule has 0 bridgehead atoms. The van der Waals surface area contributed by atoms with Crippen molar-refractivity contribution < 1.29 is 22.7 Å². The van der Waals surface area contributed by atoms with Gasteiger partial charge in [0, 0.05) is 16.8 Å². The van der Waals surface area contributed by atoms with Gasteiger partial charge in [-0.05, 0) is 36.2 Å². The van der Waals surface area contributed by atoms with Crippen LogP contribution in [0.25, 0.3) is 27.6 Å². The van der Waals surface area contributed by atoms with Crippen LogP contribution in [0.5, 0.6) is 0 Å². The summed E-state index contributed by atoms with van der Waals surface area (Å²) in [5, 5.41) is 14.9. The SMILES string of the molecule is CC(C)[C@H](NS(=O)(=O)c1ccc2c(c1)oc1ccc(-n3cncn3)cc12)C(=O)O. The van der Waals surface area contributed by atoms with E-state index in [0.717, 1.165) is 16.5 Å². The lowest BCUT2D eigenvalue weighted by Gasteiger charge is -2.17. The molecule has 0 amide bonds. The van der Waals surface area contributed by atoms with Gasteiger partial charge in [0.15, 0.2) is 0 Å². The first kappa shape index (κ1) is 19.1. The van der Waals surface area contributed by atoms with Crippen LogP contribution in [0.1, 0.15) is 13.8 Å². The first-order valence-corrected chi connectivity index (χ1v) is 10.3. The van der Waals surface area contributed by atoms with Gasteiger partial charge in [0.1, 0.15) is 29.9 Å². The van der Waals surface area contributed by atoms with Crippen LogP contribution in [0.3, 0.4) is 0 Å². The van der Waals surface area contributed by atoms with E-state index >= 15 is 0 Å². The number of aliphatic carboxylic acids is 1. The first-order valence-electron chi connectivity index (χ1n) is 8.83. The average molecular weight is 414 g/mol. The first-order chi connectivity index (χ1) is 13.8. The second-order valence-corrected chi connectivity index (χ2v) is 8.68. The number of aromatic nitrogens is 3. The standard InChI is InChI=1S/C19H18N4O5S/c1-11(2)18(19(24)25)22-29(26,27)13-4-5-14-15-7-12(23-10-20-9-21-23)3-6-16(15)28-17(14)8-13/h3-11,18,22H,1-2H3,(H,24,25)/t18-/m0/s1. The smallest absolute Gasteiger partial charge is 0.322 e. The fourth-order valence-electron chi connectivity index (χ4n) is 3.10. The molecule has 0 saturated heterocycles. The largest absolute Gasteiger partial charge is 0.480 e. The summed E-state index contributed by atoms with van der Waals surface area (Å²) < 4.78 is 35.0. The molecule has 9 nitrogen and oxygen atoms in total. The van der Waals surface area contributed by atoms with Gasteiger partial charge in [-0.2, -0.15) is 9.82 Å². The Morgan fingerprint density at radius 1 is 1.14 bits per heavy atom. The molecule has 29 heavy (non-hydrogen) atoms. The van der Waals surface area contributed by atoms with E-state index in [0.29, 0.717) is 11.2 Å². The Balaban J connectivity index is 1.76. The molecule has 150 valence electrons. The highest BCUT2D eigenvalue weighted by atomic mass is 32.2. The second-order valence-electron chi connectivity index (χ2n) is 6.96. The molecule has 0 aliphatic rings. The van der Waals surface area contributed by atoms with E-state index < -0.39 is 28.0 Å². The molecule has 2 aromatic carbocycles. The predicted octanol–water partition coefficient (Wildman–Crippen LogP) is 2.55. The van der Waals surface area contributed by atoms with Crippen LogP contribution in [0.4, 0.5) is 0 Å². The van der Waals surface area contributed by atoms with Crippen molar-refractivity contribution in [1.29, 1.82) is 0 Å². The van der Waals surface area contributed by atoms with Crippen molar-refractivity contribution in [3.05, 3.63) is 49.1 Å². The van der Waals surface area contributed by atoms with Gasteiger partial charge < -0.3 is 9.52 Å². The summed E-state index contributed by atoms with van der Waals surface area (Å²) in [4.78, 5) is 15.2. The zero-order valence-electron chi connectivity index (χ0n) is 15.6. The number of furan rings is 1. The summed E-state index contributed by atoms with van der Waals surface area (Å²) in [5.74, 6) is -1.64. The molecule has 0 aliphatic carbocycles. The normalized spacial score (nSPS) is 13.3. The average Bonchev–Trinajstić information content (AvgIpc) is 3.32. The maximum Gasteiger partial charge on any atom is 0.322 e. The van der Waals surface area contributed by atoms with E-state index in [1.807, 2.05) is 12.1 Å². The van der Waals surface area contributed by atoms with E-state index in [1.54, 1.807) is 37.0 Å². The molecule has 0 spiro atoms. The number of rotatable bonds is 6. The predicted molar refractivity (Wildman–Crippen MR) is 105 cm³/mol. The number of benzene rings is 2. The number of hydrogen-bond acceptors (Lipinski definition) is 6. The molecule has 2 aromatic heterocycles. The van der Waals surface area contributed by atoms with Crippen molar-refractivity contribution in [1.82, 2.24) is 19.5 Å². The van der Waals surface area contributed by atoms with Crippen LogP contribution in [0.2, 0.25) is 0 Å². The number of nitrogens with zero attached hydrogens (tertiary/aromatic N) is 3. The highest BCUT2D eigenvalue weighted by Crippen LogP contribution is 2.31. The van der Waals surface area contributed by atoms with Crippen molar-refractivity contribution in [2.24, 2.45) is 5.92 Å². The summed E-state index contributed by atoms with van der Waals surface area (Å²) in [6.07, 6.45) is 3.01. The summed E-state index contributed by atoms with van der Waals surface area (Å²) in [7, 11) is -4.04. The summed E-state index contributed by atoms with van der Waals surface area (Å²) in [5.41, 5.74) is 1.77. The van der Waals surface area contributed by atoms with Gasteiger partial charge in [0.25, 0.3) is 0 Å². The molecule has 1 atom stereocenters. The molecule has 4 aromatic rings. The highest BCUT2D eigenvalue weighted by molar-refractivity contribution is 7.89. The van der Waals surface area contributed by atoms with Crippen molar-refractivity contribution in [2.45, 2.75) is 24.8 Å². The monoisotopic (exact) mass is 414 g/mol. The maximum atomic E-state index is 12.7. The van der Waals surface area contributed by atoms with E-state index in [4.69, 9.17) is 4.42 Å². The summed E-state index contributed by atoms with van der Waals surface area (Å²) in [6.45, 7) is 3.27. The van der Waals surface area contributed by atoms with Gasteiger partial charge in [-0.1, -0.05) is 13.8 Å². The lowest BCUT2D eigenvalue weighted by atomic mass is 10.1. The molecular formula is C19H18N4O5S. The van der Waals surface area contributed by atoms with Gasteiger partial charge in [-0.25, -0.2) is 18.1 Å². The van der Waals surface area contributed by atoms with Crippen LogP contribution in [0, 0.1) is 5.92 Å². The van der Waals surface area contributed by atoms with E-state index in [1.165, 1.54) is 18.5 Å². The third kappa shape index (κ3) is 3.47. The van der Waals surface area contributed by atoms with Crippen LogP contribution in [0.15, 0.2) is 58.4 Å². The maximum absolute atomic E-state index is 12.7. The molecular weight excluding hydrogens is 396 g/mol. The van der Waals surface area contributed by atoms with Gasteiger partial charge >= 0.3 is 5.97 Å². The van der Waals surface area contributed by atoms with Crippen molar-refractivity contribution in [3.8, 4) is 5.69 Å². The number of carboxylic acid groups (broad SMARTS) is 1. The Morgan fingerprint density at radius 3 is 2.59 bits per heavy atom. The van der Waals surface area contributed by atoms with Crippen molar-refractivity contribution in [2.75, 3.05) is 0 Å². The Labute approximate surface area is 166 Å². The molecule has 2 heterocycles. The molecule has 0 aliphatic heterocycles. The zero-order chi connectivity index (χ0) is 20.8. The number of sulfonamides is 1. The molecule has 10 heteroatoms. The van der Waals surface area contributed by atoms with Crippen molar-refractivity contribution >= 4 is 37.9 Å². The van der Waals surface area contributed by atoms with Crippen LogP contribution >= 0.6 is 0 Å². The molecule has 0 unspecified atom stereocenters. The molecule has 0 fully saturated rings. The lowest BCUT2D eigenvalue weighted by Crippen LogP contribution is -2.44. The highest BCUT2D eigenvalue weighted by Gasteiger charge is 2.28. The quantitative estimate of drug-likeness (QED) is 0.496. The minimum Gasteiger partial charge on any atom is -0.480 e. The van der Waals surface area contributed by atoms with E-state index in [-0.39, 0.29) is 4.90 Å². The number of hydrogen-bond donors (Lipinski definition) is 2. The topological polar surface area (TPSA) is 127 Å². The van der Waals surface area contributed by atoms with Gasteiger partial charge in [-0.15, -0.1) is 0 Å². The Hall–Kier alpha value is -3.24. The third-order valence-corrected chi connectivity index (χ3v) is 6.07. The molecule has 0 saturated carbocycles. The van der Waals surface area contributed by atoms with E-state index in [9.17, 15) is 18.3 Å². The Bertz CT molecular complexity index is 1310. The number of nitrogens with one attached hydrogen (secondary N) is 1.